The maximum atomic E-state index is 7.35. The lowest BCUT2D eigenvalue weighted by atomic mass is 10.1. The Labute approximate surface area is 471 Å². The zero-order chi connectivity index (χ0) is 53.5. The van der Waals surface area contributed by atoms with Gasteiger partial charge < -0.3 is 37.7 Å². The van der Waals surface area contributed by atoms with Crippen LogP contribution in [0.1, 0.15) is 0 Å². The summed E-state index contributed by atoms with van der Waals surface area (Å²) in [5, 5.41) is 6.72. The molecule has 384 valence electrons. The number of hydrogen-bond donors (Lipinski definition) is 1. The van der Waals surface area contributed by atoms with Gasteiger partial charge in [0, 0.05) is 34.1 Å². The first kappa shape index (κ1) is 50.3. The van der Waals surface area contributed by atoms with E-state index in [2.05, 4.69) is 51.5 Å². The van der Waals surface area contributed by atoms with E-state index < -0.39 is 0 Å². The number of fused-ring (bicyclic) bond motifs is 6. The summed E-state index contributed by atoms with van der Waals surface area (Å²) in [5.74, 6) is 0. The molecule has 0 saturated heterocycles. The zero-order valence-electron chi connectivity index (χ0n) is 42.2. The van der Waals surface area contributed by atoms with Crippen LogP contribution in [-0.4, -0.2) is 0 Å². The van der Waals surface area contributed by atoms with Crippen LogP contribution < -0.4 is 20.0 Å². The third kappa shape index (κ3) is 10.4. The van der Waals surface area contributed by atoms with Crippen molar-refractivity contribution in [3.05, 3.63) is 295 Å². The number of benzene rings is 10. The van der Waals surface area contributed by atoms with Gasteiger partial charge in [-0.25, -0.2) is 0 Å². The molecule has 0 aliphatic rings. The molecule has 0 unspecified atom stereocenters. The number of hydrogen-bond acceptors (Lipinski definition) is 8. The number of nitrogens with one attached hydrogen (secondary N) is 1. The van der Waals surface area contributed by atoms with Crippen molar-refractivity contribution in [1.29, 1.82) is 0 Å². The minimum absolute atomic E-state index is 0.466. The third-order valence-electron chi connectivity index (χ3n) is 13.1. The molecule has 0 aliphatic carbocycles. The molecule has 14 rings (SSSR count). The molecule has 1 N–H and O–H groups in total. The number of anilines is 11. The fourth-order valence-electron chi connectivity index (χ4n) is 9.54. The molecule has 10 aromatic carbocycles. The van der Waals surface area contributed by atoms with Gasteiger partial charge in [-0.05, 0) is 121 Å². The summed E-state index contributed by atoms with van der Waals surface area (Å²) in [6.45, 7) is 0. The van der Waals surface area contributed by atoms with Crippen molar-refractivity contribution >= 4 is 142 Å². The van der Waals surface area contributed by atoms with Crippen molar-refractivity contribution in [2.75, 3.05) is 20.0 Å². The van der Waals surface area contributed by atoms with Crippen molar-refractivity contribution in [3.8, 4) is 0 Å². The monoisotopic (exact) mass is 1090 g/mol. The van der Waals surface area contributed by atoms with E-state index in [9.17, 15) is 0 Å². The van der Waals surface area contributed by atoms with Crippen LogP contribution in [0.3, 0.4) is 0 Å². The molecule has 4 aromatic heterocycles. The second kappa shape index (κ2) is 23.0. The number of para-hydroxylation sites is 8. The summed E-state index contributed by atoms with van der Waals surface area (Å²) < 4.78 is 24.4. The van der Waals surface area contributed by atoms with E-state index in [4.69, 9.17) is 52.5 Å². The van der Waals surface area contributed by atoms with E-state index in [1.165, 1.54) is 0 Å². The minimum Gasteiger partial charge on any atom is -0.458 e. The molecule has 0 atom stereocenters. The molecule has 0 bridgehead atoms. The maximum Gasteiger partial charge on any atom is 0.197 e. The fraction of sp³-hybridized carbons (Fsp3) is 0. The Bertz CT molecular complexity index is 4210. The van der Waals surface area contributed by atoms with Crippen molar-refractivity contribution < 1.29 is 17.7 Å². The standard InChI is InChI=1S/C34H23ClN2O2.C22H13Cl2NO2.C12H11N/c35-32-28(36(24-13-4-1-5-14-24)25-15-6-2-7-16-25)20-12-21-29(32)37(26-17-8-3-9-18-26)30-23-38-33-27-19-10-11-22-31(27)39-34(30)33;23-16-10-6-11-17(20(16)24)25(14-7-2-1-3-8-14)18-13-26-21-15-9-4-5-12-19(15)27-22(18)21;1-3-7-11(8-4-1)13-12-9-5-2-6-10-12/h1-23H;1-13H;1-10,13H. The van der Waals surface area contributed by atoms with E-state index in [0.29, 0.717) is 37.4 Å². The second-order valence-corrected chi connectivity index (χ2v) is 19.3. The Morgan fingerprint density at radius 2 is 0.608 bits per heavy atom. The molecule has 8 nitrogen and oxygen atoms in total. The number of nitrogens with zero attached hydrogens (tertiary/aromatic N) is 3. The topological polar surface area (TPSA) is 74.3 Å². The average molecular weight is 1090 g/mol. The van der Waals surface area contributed by atoms with Crippen molar-refractivity contribution in [1.82, 2.24) is 0 Å². The van der Waals surface area contributed by atoms with Gasteiger partial charge in [0.05, 0.1) is 42.9 Å². The first-order valence-electron chi connectivity index (χ1n) is 25.5. The Kier molecular flexibility index (Phi) is 14.6. The quantitative estimate of drug-likeness (QED) is 0.137. The summed E-state index contributed by atoms with van der Waals surface area (Å²) in [6, 6.07) is 88.1. The van der Waals surface area contributed by atoms with Gasteiger partial charge in [0.15, 0.2) is 22.3 Å². The van der Waals surface area contributed by atoms with Gasteiger partial charge in [0.25, 0.3) is 0 Å². The van der Waals surface area contributed by atoms with Gasteiger partial charge in [0.1, 0.15) is 35.1 Å². The van der Waals surface area contributed by atoms with Crippen LogP contribution in [-0.2, 0) is 0 Å². The lowest BCUT2D eigenvalue weighted by Crippen LogP contribution is -2.14. The largest absolute Gasteiger partial charge is 0.458 e. The number of rotatable bonds is 11. The lowest BCUT2D eigenvalue weighted by molar-refractivity contribution is 0.616. The van der Waals surface area contributed by atoms with Crippen molar-refractivity contribution in [3.63, 3.8) is 0 Å². The summed E-state index contributed by atoms with van der Waals surface area (Å²) in [6.07, 6.45) is 3.42. The molecular weight excluding hydrogens is 1040 g/mol. The molecule has 79 heavy (non-hydrogen) atoms. The SMILES string of the molecule is Clc1c(N(c2ccccc2)c2ccccc2)cccc1N(c1ccccc1)c1coc2c1oc1ccccc12.Clc1cccc(N(c2ccccc2)c2coc3c2oc2ccccc23)c1Cl.c1ccc(Nc2ccccc2)cc1. The fourth-order valence-corrected chi connectivity index (χ4v) is 10.2. The molecule has 4 heterocycles. The zero-order valence-corrected chi connectivity index (χ0v) is 44.4. The Balaban J connectivity index is 0.000000134. The third-order valence-corrected chi connectivity index (χ3v) is 14.3. The summed E-state index contributed by atoms with van der Waals surface area (Å²) >= 11 is 20.2. The number of halogens is 3. The van der Waals surface area contributed by atoms with Crippen molar-refractivity contribution in [2.24, 2.45) is 0 Å². The van der Waals surface area contributed by atoms with Gasteiger partial charge in [-0.1, -0.05) is 180 Å². The van der Waals surface area contributed by atoms with E-state index >= 15 is 0 Å². The molecule has 0 saturated carbocycles. The van der Waals surface area contributed by atoms with Gasteiger partial charge in [0.2, 0.25) is 0 Å². The van der Waals surface area contributed by atoms with Crippen LogP contribution in [0.2, 0.25) is 15.1 Å². The highest BCUT2D eigenvalue weighted by atomic mass is 35.5. The first-order chi connectivity index (χ1) is 39.0. The predicted molar refractivity (Wildman–Crippen MR) is 327 cm³/mol. The van der Waals surface area contributed by atoms with Crippen LogP contribution in [0, 0.1) is 0 Å². The highest BCUT2D eigenvalue weighted by Gasteiger charge is 2.27. The normalized spacial score (nSPS) is 11.0. The summed E-state index contributed by atoms with van der Waals surface area (Å²) in [4.78, 5) is 6.25. The maximum absolute atomic E-state index is 7.35. The molecule has 0 radical (unpaired) electrons. The minimum atomic E-state index is 0.466. The van der Waals surface area contributed by atoms with Crippen LogP contribution >= 0.6 is 34.8 Å². The second-order valence-electron chi connectivity index (χ2n) is 18.1. The van der Waals surface area contributed by atoms with E-state index in [1.807, 2.05) is 229 Å². The average Bonchev–Trinajstić information content (AvgIpc) is 4.36. The lowest BCUT2D eigenvalue weighted by Gasteiger charge is -2.30. The first-order valence-corrected chi connectivity index (χ1v) is 26.6. The molecule has 0 spiro atoms. The molecule has 14 aromatic rings. The van der Waals surface area contributed by atoms with Crippen LogP contribution in [0.15, 0.2) is 297 Å². The molecule has 0 fully saturated rings. The van der Waals surface area contributed by atoms with Crippen LogP contribution in [0.5, 0.6) is 0 Å². The Hall–Kier alpha value is -9.57. The highest BCUT2D eigenvalue weighted by molar-refractivity contribution is 6.44. The van der Waals surface area contributed by atoms with Gasteiger partial charge in [-0.15, -0.1) is 0 Å². The van der Waals surface area contributed by atoms with Crippen LogP contribution in [0.25, 0.3) is 44.3 Å². The molecule has 0 aliphatic heterocycles. The Morgan fingerprint density at radius 3 is 1.03 bits per heavy atom. The van der Waals surface area contributed by atoms with E-state index in [0.717, 1.165) is 84.5 Å². The Morgan fingerprint density at radius 1 is 0.278 bits per heavy atom. The summed E-state index contributed by atoms with van der Waals surface area (Å²) in [5.41, 5.74) is 14.4. The molecular formula is C68H47Cl3N4O4. The van der Waals surface area contributed by atoms with E-state index in [-0.39, 0.29) is 0 Å². The smallest absolute Gasteiger partial charge is 0.197 e. The number of furan rings is 4. The van der Waals surface area contributed by atoms with Gasteiger partial charge in [-0.3, -0.25) is 0 Å². The van der Waals surface area contributed by atoms with Crippen LogP contribution in [0.4, 0.5) is 62.6 Å². The molecule has 11 heteroatoms. The predicted octanol–water partition coefficient (Wildman–Crippen LogP) is 22.2. The van der Waals surface area contributed by atoms with Crippen molar-refractivity contribution in [2.45, 2.75) is 0 Å². The van der Waals surface area contributed by atoms with Gasteiger partial charge >= 0.3 is 0 Å². The highest BCUT2D eigenvalue weighted by Crippen LogP contribution is 2.50. The van der Waals surface area contributed by atoms with E-state index in [1.54, 1.807) is 18.6 Å². The van der Waals surface area contributed by atoms with Gasteiger partial charge in [-0.2, -0.15) is 0 Å². The molecule has 0 amide bonds. The summed E-state index contributed by atoms with van der Waals surface area (Å²) in [7, 11) is 0.